The predicted molar refractivity (Wildman–Crippen MR) is 75.1 cm³/mol. The van der Waals surface area contributed by atoms with Crippen molar-refractivity contribution in [3.8, 4) is 0 Å². The number of benzene rings is 2. The van der Waals surface area contributed by atoms with Crippen LogP contribution in [-0.2, 0) is 12.8 Å². The summed E-state index contributed by atoms with van der Waals surface area (Å²) in [6.45, 7) is 4.22. The second-order valence-corrected chi connectivity index (χ2v) is 4.43. The third kappa shape index (κ3) is 2.67. The summed E-state index contributed by atoms with van der Waals surface area (Å²) < 4.78 is 0. The molecular weight excluding hydrogens is 220 g/mol. The molecule has 2 aromatic rings. The number of carbonyl (C=O) groups excluding carboxylic acids is 1. The number of rotatable bonds is 4. The molecule has 0 amide bonds. The molecule has 0 aromatic heterocycles. The Morgan fingerprint density at radius 2 is 1.06 bits per heavy atom. The van der Waals surface area contributed by atoms with E-state index in [-0.39, 0.29) is 5.78 Å². The van der Waals surface area contributed by atoms with Crippen LogP contribution < -0.4 is 0 Å². The van der Waals surface area contributed by atoms with Gasteiger partial charge < -0.3 is 0 Å². The number of aryl methyl sites for hydroxylation is 2. The molecule has 2 aromatic carbocycles. The van der Waals surface area contributed by atoms with E-state index in [4.69, 9.17) is 0 Å². The minimum absolute atomic E-state index is 0.0975. The fourth-order valence-electron chi connectivity index (χ4n) is 1.95. The Bertz CT molecular complexity index is 471. The van der Waals surface area contributed by atoms with E-state index < -0.39 is 0 Å². The van der Waals surface area contributed by atoms with Crippen molar-refractivity contribution < 1.29 is 4.79 Å². The molecule has 1 heteroatoms. The van der Waals surface area contributed by atoms with Crippen molar-refractivity contribution in [1.82, 2.24) is 0 Å². The Kier molecular flexibility index (Phi) is 3.93. The molecule has 0 bridgehead atoms. The van der Waals surface area contributed by atoms with Gasteiger partial charge in [-0.1, -0.05) is 62.4 Å². The van der Waals surface area contributed by atoms with Gasteiger partial charge >= 0.3 is 0 Å². The summed E-state index contributed by atoms with van der Waals surface area (Å²) in [5.41, 5.74) is 4.04. The lowest BCUT2D eigenvalue weighted by Crippen LogP contribution is -2.01. The molecular formula is C17H18O. The zero-order valence-electron chi connectivity index (χ0n) is 10.9. The average molecular weight is 238 g/mol. The molecule has 0 unspecified atom stereocenters. The van der Waals surface area contributed by atoms with Gasteiger partial charge in [0, 0.05) is 11.1 Å². The molecule has 92 valence electrons. The average Bonchev–Trinajstić information content (AvgIpc) is 2.47. The summed E-state index contributed by atoms with van der Waals surface area (Å²) in [4.78, 5) is 12.2. The minimum atomic E-state index is 0.0975. The number of hydrogen-bond acceptors (Lipinski definition) is 1. The van der Waals surface area contributed by atoms with Crippen LogP contribution in [0.25, 0.3) is 0 Å². The van der Waals surface area contributed by atoms with Crippen LogP contribution in [0.3, 0.4) is 0 Å². The standard InChI is InChI=1S/C17H18O/c1-3-13-5-9-15(10-6-13)17(18)16-11-7-14(4-2)8-12-16/h5-12H,3-4H2,1-2H3. The van der Waals surface area contributed by atoms with Gasteiger partial charge in [0.25, 0.3) is 0 Å². The molecule has 0 atom stereocenters. The van der Waals surface area contributed by atoms with Crippen molar-refractivity contribution in [2.24, 2.45) is 0 Å². The Hall–Kier alpha value is -1.89. The summed E-state index contributed by atoms with van der Waals surface area (Å²) in [5.74, 6) is 0.0975. The Balaban J connectivity index is 2.23. The van der Waals surface area contributed by atoms with Crippen LogP contribution in [-0.4, -0.2) is 5.78 Å². The van der Waals surface area contributed by atoms with Gasteiger partial charge in [0.1, 0.15) is 0 Å². The van der Waals surface area contributed by atoms with E-state index in [0.29, 0.717) is 0 Å². The van der Waals surface area contributed by atoms with E-state index in [9.17, 15) is 4.79 Å². The summed E-state index contributed by atoms with van der Waals surface area (Å²) in [6, 6.07) is 15.7. The van der Waals surface area contributed by atoms with Gasteiger partial charge in [-0.15, -0.1) is 0 Å². The first kappa shape index (κ1) is 12.6. The zero-order chi connectivity index (χ0) is 13.0. The molecule has 2 rings (SSSR count). The van der Waals surface area contributed by atoms with Crippen LogP contribution in [0, 0.1) is 0 Å². The van der Waals surface area contributed by atoms with E-state index in [0.717, 1.165) is 24.0 Å². The van der Waals surface area contributed by atoms with Crippen LogP contribution in [0.15, 0.2) is 48.5 Å². The van der Waals surface area contributed by atoms with E-state index in [1.54, 1.807) is 0 Å². The summed E-state index contributed by atoms with van der Waals surface area (Å²) >= 11 is 0. The van der Waals surface area contributed by atoms with Crippen molar-refractivity contribution in [3.05, 3.63) is 70.8 Å². The summed E-state index contributed by atoms with van der Waals surface area (Å²) in [5, 5.41) is 0. The lowest BCUT2D eigenvalue weighted by Gasteiger charge is -2.03. The molecule has 0 heterocycles. The first-order valence-electron chi connectivity index (χ1n) is 6.47. The largest absolute Gasteiger partial charge is 0.289 e. The molecule has 1 nitrogen and oxygen atoms in total. The van der Waals surface area contributed by atoms with Crippen LogP contribution in [0.1, 0.15) is 40.9 Å². The zero-order valence-corrected chi connectivity index (χ0v) is 10.9. The second-order valence-electron chi connectivity index (χ2n) is 4.43. The topological polar surface area (TPSA) is 17.1 Å². The molecule has 0 aliphatic heterocycles. The molecule has 0 radical (unpaired) electrons. The molecule has 0 saturated carbocycles. The molecule has 0 saturated heterocycles. The maximum atomic E-state index is 12.2. The Morgan fingerprint density at radius 3 is 1.33 bits per heavy atom. The Morgan fingerprint density at radius 1 is 0.722 bits per heavy atom. The van der Waals surface area contributed by atoms with Gasteiger partial charge in [0.05, 0.1) is 0 Å². The second kappa shape index (κ2) is 5.63. The first-order valence-corrected chi connectivity index (χ1v) is 6.47. The van der Waals surface area contributed by atoms with E-state index in [1.165, 1.54) is 11.1 Å². The predicted octanol–water partition coefficient (Wildman–Crippen LogP) is 4.04. The lowest BCUT2D eigenvalue weighted by atomic mass is 10.00. The number of ketones is 1. The van der Waals surface area contributed by atoms with E-state index in [1.807, 2.05) is 48.5 Å². The number of carbonyl (C=O) groups is 1. The highest BCUT2D eigenvalue weighted by molar-refractivity contribution is 6.08. The first-order chi connectivity index (χ1) is 8.74. The minimum Gasteiger partial charge on any atom is -0.289 e. The smallest absolute Gasteiger partial charge is 0.193 e. The fourth-order valence-corrected chi connectivity index (χ4v) is 1.95. The van der Waals surface area contributed by atoms with Gasteiger partial charge in [0.2, 0.25) is 0 Å². The number of hydrogen-bond donors (Lipinski definition) is 0. The van der Waals surface area contributed by atoms with Gasteiger partial charge in [0.15, 0.2) is 5.78 Å². The van der Waals surface area contributed by atoms with Crippen molar-refractivity contribution in [3.63, 3.8) is 0 Å². The normalized spacial score (nSPS) is 10.3. The third-order valence-electron chi connectivity index (χ3n) is 3.25. The molecule has 0 N–H and O–H groups in total. The maximum absolute atomic E-state index is 12.2. The Labute approximate surface area is 108 Å². The van der Waals surface area contributed by atoms with Crippen LogP contribution >= 0.6 is 0 Å². The molecule has 0 aliphatic rings. The fraction of sp³-hybridized carbons (Fsp3) is 0.235. The quantitative estimate of drug-likeness (QED) is 0.735. The van der Waals surface area contributed by atoms with Crippen molar-refractivity contribution in [1.29, 1.82) is 0 Å². The van der Waals surface area contributed by atoms with Gasteiger partial charge in [-0.3, -0.25) is 4.79 Å². The van der Waals surface area contributed by atoms with Crippen LogP contribution in [0.5, 0.6) is 0 Å². The van der Waals surface area contributed by atoms with Crippen molar-refractivity contribution in [2.75, 3.05) is 0 Å². The highest BCUT2D eigenvalue weighted by atomic mass is 16.1. The molecule has 18 heavy (non-hydrogen) atoms. The molecule has 0 fully saturated rings. The lowest BCUT2D eigenvalue weighted by molar-refractivity contribution is 0.103. The maximum Gasteiger partial charge on any atom is 0.193 e. The monoisotopic (exact) mass is 238 g/mol. The van der Waals surface area contributed by atoms with Gasteiger partial charge in [-0.2, -0.15) is 0 Å². The highest BCUT2D eigenvalue weighted by Gasteiger charge is 2.08. The van der Waals surface area contributed by atoms with Gasteiger partial charge in [-0.25, -0.2) is 0 Å². The van der Waals surface area contributed by atoms with E-state index >= 15 is 0 Å². The van der Waals surface area contributed by atoms with E-state index in [2.05, 4.69) is 13.8 Å². The van der Waals surface area contributed by atoms with Crippen LogP contribution in [0.4, 0.5) is 0 Å². The summed E-state index contributed by atoms with van der Waals surface area (Å²) in [7, 11) is 0. The van der Waals surface area contributed by atoms with Gasteiger partial charge in [-0.05, 0) is 24.0 Å². The molecule has 0 aliphatic carbocycles. The summed E-state index contributed by atoms with van der Waals surface area (Å²) in [6.07, 6.45) is 2.00. The van der Waals surface area contributed by atoms with Crippen LogP contribution in [0.2, 0.25) is 0 Å². The van der Waals surface area contributed by atoms with Crippen molar-refractivity contribution >= 4 is 5.78 Å². The highest BCUT2D eigenvalue weighted by Crippen LogP contribution is 2.13. The SMILES string of the molecule is CCc1ccc(C(=O)c2ccc(CC)cc2)cc1. The van der Waals surface area contributed by atoms with Crippen molar-refractivity contribution in [2.45, 2.75) is 26.7 Å². The third-order valence-corrected chi connectivity index (χ3v) is 3.25. The molecule has 0 spiro atoms.